The van der Waals surface area contributed by atoms with Crippen molar-refractivity contribution in [3.05, 3.63) is 28.2 Å². The molecule has 1 saturated carbocycles. The highest BCUT2D eigenvalue weighted by Gasteiger charge is 2.49. The second-order valence-electron chi connectivity index (χ2n) is 8.53. The highest BCUT2D eigenvalue weighted by molar-refractivity contribution is 7.18. The van der Waals surface area contributed by atoms with E-state index < -0.39 is 11.6 Å². The van der Waals surface area contributed by atoms with Gasteiger partial charge in [-0.15, -0.1) is 11.3 Å². The number of carbonyl (C=O) groups excluding carboxylic acids is 3. The molecule has 2 saturated heterocycles. The van der Waals surface area contributed by atoms with Crippen molar-refractivity contribution in [3.63, 3.8) is 0 Å². The Morgan fingerprint density at radius 3 is 2.57 bits per heavy atom. The Kier molecular flexibility index (Phi) is 4.94. The SMILES string of the molecule is O=C1NC(=O)C2(CCC(C(=O)N3CCC(c4nc5cc(Cl)ccc5s4)CC3)CC2)N1. The maximum atomic E-state index is 13.0. The summed E-state index contributed by atoms with van der Waals surface area (Å²) in [4.78, 5) is 43.3. The van der Waals surface area contributed by atoms with E-state index in [0.29, 0.717) is 36.6 Å². The van der Waals surface area contributed by atoms with Gasteiger partial charge < -0.3 is 10.2 Å². The monoisotopic (exact) mass is 446 g/mol. The van der Waals surface area contributed by atoms with E-state index in [4.69, 9.17) is 16.6 Å². The number of fused-ring (bicyclic) bond motifs is 1. The number of hydrogen-bond acceptors (Lipinski definition) is 5. The summed E-state index contributed by atoms with van der Waals surface area (Å²) >= 11 is 7.79. The van der Waals surface area contributed by atoms with Gasteiger partial charge in [0.1, 0.15) is 5.54 Å². The molecule has 4 amide bonds. The van der Waals surface area contributed by atoms with Gasteiger partial charge in [-0.2, -0.15) is 0 Å². The lowest BCUT2D eigenvalue weighted by Gasteiger charge is -2.38. The number of amides is 4. The molecule has 1 aliphatic carbocycles. The Morgan fingerprint density at radius 2 is 1.90 bits per heavy atom. The number of hydrogen-bond donors (Lipinski definition) is 2. The quantitative estimate of drug-likeness (QED) is 0.691. The van der Waals surface area contributed by atoms with Gasteiger partial charge in [-0.25, -0.2) is 9.78 Å². The van der Waals surface area contributed by atoms with Gasteiger partial charge >= 0.3 is 6.03 Å². The first-order valence-corrected chi connectivity index (χ1v) is 11.6. The second-order valence-corrected chi connectivity index (χ2v) is 10.0. The van der Waals surface area contributed by atoms with Crippen molar-refractivity contribution < 1.29 is 14.4 Å². The number of piperidine rings is 1. The Balaban J connectivity index is 1.18. The van der Waals surface area contributed by atoms with Gasteiger partial charge in [0, 0.05) is 29.9 Å². The van der Waals surface area contributed by atoms with Gasteiger partial charge in [-0.1, -0.05) is 11.6 Å². The lowest BCUT2D eigenvalue weighted by Crippen LogP contribution is -2.51. The zero-order valence-electron chi connectivity index (χ0n) is 16.4. The molecule has 9 heteroatoms. The van der Waals surface area contributed by atoms with Crippen LogP contribution in [-0.4, -0.2) is 46.4 Å². The molecule has 2 aromatic rings. The van der Waals surface area contributed by atoms with Crippen LogP contribution in [0.2, 0.25) is 5.02 Å². The smallest absolute Gasteiger partial charge is 0.322 e. The first-order valence-electron chi connectivity index (χ1n) is 10.4. The van der Waals surface area contributed by atoms with Crippen molar-refractivity contribution in [1.29, 1.82) is 0 Å². The third-order valence-electron chi connectivity index (χ3n) is 6.72. The van der Waals surface area contributed by atoms with Crippen molar-refractivity contribution in [2.24, 2.45) is 5.92 Å². The fourth-order valence-corrected chi connectivity index (χ4v) is 6.22. The van der Waals surface area contributed by atoms with Gasteiger partial charge in [0.05, 0.1) is 15.2 Å². The lowest BCUT2D eigenvalue weighted by atomic mass is 9.76. The maximum absolute atomic E-state index is 13.0. The summed E-state index contributed by atoms with van der Waals surface area (Å²) in [6.45, 7) is 1.47. The molecule has 1 aromatic heterocycles. The van der Waals surface area contributed by atoms with Crippen LogP contribution in [0.1, 0.15) is 49.5 Å². The zero-order valence-corrected chi connectivity index (χ0v) is 18.0. The van der Waals surface area contributed by atoms with Crippen molar-refractivity contribution in [2.45, 2.75) is 50.0 Å². The average Bonchev–Trinajstić information content (AvgIpc) is 3.28. The van der Waals surface area contributed by atoms with E-state index in [1.54, 1.807) is 11.3 Å². The third kappa shape index (κ3) is 3.46. The number of benzene rings is 1. The number of imide groups is 1. The molecule has 0 radical (unpaired) electrons. The molecule has 3 aliphatic rings. The topological polar surface area (TPSA) is 91.4 Å². The first-order chi connectivity index (χ1) is 14.4. The van der Waals surface area contributed by atoms with Gasteiger partial charge in [0.2, 0.25) is 5.91 Å². The Labute approximate surface area is 183 Å². The van der Waals surface area contributed by atoms with E-state index in [0.717, 1.165) is 41.2 Å². The van der Waals surface area contributed by atoms with Gasteiger partial charge in [-0.3, -0.25) is 14.9 Å². The van der Waals surface area contributed by atoms with E-state index >= 15 is 0 Å². The molecule has 3 fully saturated rings. The van der Waals surface area contributed by atoms with E-state index in [9.17, 15) is 14.4 Å². The molecule has 3 heterocycles. The minimum absolute atomic E-state index is 0.0675. The number of thiazole rings is 1. The van der Waals surface area contributed by atoms with Crippen LogP contribution < -0.4 is 10.6 Å². The molecular formula is C21H23ClN4O3S. The van der Waals surface area contributed by atoms with E-state index in [2.05, 4.69) is 10.6 Å². The van der Waals surface area contributed by atoms with Crippen molar-refractivity contribution >= 4 is 51.0 Å². The summed E-state index contributed by atoms with van der Waals surface area (Å²) in [5, 5.41) is 6.90. The fourth-order valence-electron chi connectivity index (χ4n) is 4.94. The largest absolute Gasteiger partial charge is 0.342 e. The number of aromatic nitrogens is 1. The van der Waals surface area contributed by atoms with Crippen LogP contribution >= 0.6 is 22.9 Å². The molecular weight excluding hydrogens is 424 g/mol. The number of likely N-dealkylation sites (tertiary alicyclic amines) is 1. The number of nitrogens with one attached hydrogen (secondary N) is 2. The summed E-state index contributed by atoms with van der Waals surface area (Å²) in [7, 11) is 0. The Bertz CT molecular complexity index is 1020. The number of urea groups is 1. The Hall–Kier alpha value is -2.19. The molecule has 0 unspecified atom stereocenters. The fraction of sp³-hybridized carbons (Fsp3) is 0.524. The summed E-state index contributed by atoms with van der Waals surface area (Å²) < 4.78 is 1.15. The number of nitrogens with zero attached hydrogens (tertiary/aromatic N) is 2. The molecule has 2 aliphatic heterocycles. The first kappa shape index (κ1) is 19.8. The highest BCUT2D eigenvalue weighted by atomic mass is 35.5. The minimum Gasteiger partial charge on any atom is -0.342 e. The zero-order chi connectivity index (χ0) is 20.9. The lowest BCUT2D eigenvalue weighted by molar-refractivity contribution is -0.139. The predicted molar refractivity (Wildman–Crippen MR) is 115 cm³/mol. The van der Waals surface area contributed by atoms with Crippen LogP contribution in [0.5, 0.6) is 0 Å². The van der Waals surface area contributed by atoms with Crippen molar-refractivity contribution in [1.82, 2.24) is 20.5 Å². The normalized spacial score (nSPS) is 27.5. The van der Waals surface area contributed by atoms with Crippen LogP contribution in [-0.2, 0) is 9.59 Å². The van der Waals surface area contributed by atoms with Gasteiger partial charge in [0.25, 0.3) is 5.91 Å². The number of halogens is 1. The van der Waals surface area contributed by atoms with Crippen LogP contribution in [0.3, 0.4) is 0 Å². The molecule has 7 nitrogen and oxygen atoms in total. The van der Waals surface area contributed by atoms with Crippen molar-refractivity contribution in [2.75, 3.05) is 13.1 Å². The van der Waals surface area contributed by atoms with Crippen LogP contribution in [0.25, 0.3) is 10.2 Å². The molecule has 1 aromatic carbocycles. The average molecular weight is 447 g/mol. The van der Waals surface area contributed by atoms with E-state index in [-0.39, 0.29) is 17.7 Å². The third-order valence-corrected chi connectivity index (χ3v) is 8.16. The van der Waals surface area contributed by atoms with Crippen LogP contribution in [0, 0.1) is 5.92 Å². The Morgan fingerprint density at radius 1 is 1.17 bits per heavy atom. The van der Waals surface area contributed by atoms with Crippen LogP contribution in [0.4, 0.5) is 4.79 Å². The van der Waals surface area contributed by atoms with Crippen LogP contribution in [0.15, 0.2) is 18.2 Å². The molecule has 0 bridgehead atoms. The van der Waals surface area contributed by atoms with Crippen molar-refractivity contribution in [3.8, 4) is 0 Å². The van der Waals surface area contributed by atoms with E-state index in [1.807, 2.05) is 23.1 Å². The van der Waals surface area contributed by atoms with Gasteiger partial charge in [-0.05, 0) is 56.7 Å². The summed E-state index contributed by atoms with van der Waals surface area (Å²) in [6.07, 6.45) is 4.12. The predicted octanol–water partition coefficient (Wildman–Crippen LogP) is 3.42. The molecule has 2 N–H and O–H groups in total. The number of carbonyl (C=O) groups is 3. The second kappa shape index (κ2) is 7.50. The number of rotatable bonds is 2. The molecule has 30 heavy (non-hydrogen) atoms. The molecule has 5 rings (SSSR count). The molecule has 0 atom stereocenters. The summed E-state index contributed by atoms with van der Waals surface area (Å²) in [5.74, 6) is 0.236. The highest BCUT2D eigenvalue weighted by Crippen LogP contribution is 2.38. The maximum Gasteiger partial charge on any atom is 0.322 e. The van der Waals surface area contributed by atoms with E-state index in [1.165, 1.54) is 0 Å². The molecule has 1 spiro atoms. The van der Waals surface area contributed by atoms with Gasteiger partial charge in [0.15, 0.2) is 0 Å². The minimum atomic E-state index is -0.809. The standard InChI is InChI=1S/C21H23ClN4O3S/c22-14-1-2-16-15(11-14)23-17(30-16)12-5-9-26(10-6-12)18(27)13-3-7-21(8-4-13)19(28)24-20(29)25-21/h1-2,11-13H,3-10H2,(H2,24,25,28,29). The summed E-state index contributed by atoms with van der Waals surface area (Å²) in [5.41, 5.74) is 0.136. The molecule has 158 valence electrons. The summed E-state index contributed by atoms with van der Waals surface area (Å²) in [6, 6.07) is 5.38.